The molecule has 0 amide bonds. The van der Waals surface area contributed by atoms with E-state index in [-0.39, 0.29) is 0 Å². The lowest BCUT2D eigenvalue weighted by molar-refractivity contribution is -0.150. The van der Waals surface area contributed by atoms with Gasteiger partial charge in [-0.1, -0.05) is 17.7 Å². The summed E-state index contributed by atoms with van der Waals surface area (Å²) >= 11 is 5.88. The average molecular weight is 257 g/mol. The molecular weight excluding hydrogens is 244 g/mol. The molecule has 2 rings (SSSR count). The summed E-state index contributed by atoms with van der Waals surface area (Å²) in [5.41, 5.74) is 0.996. The van der Waals surface area contributed by atoms with Crippen molar-refractivity contribution in [2.24, 2.45) is 0 Å². The zero-order valence-corrected chi connectivity index (χ0v) is 10.4. The van der Waals surface area contributed by atoms with Gasteiger partial charge >= 0.3 is 5.97 Å². The molecule has 0 saturated carbocycles. The summed E-state index contributed by atoms with van der Waals surface area (Å²) in [6, 6.07) is 4.97. The van der Waals surface area contributed by atoms with Gasteiger partial charge in [-0.15, -0.1) is 0 Å². The molecule has 1 heterocycles. The molecule has 0 spiro atoms. The molecule has 0 aliphatic carbocycles. The van der Waals surface area contributed by atoms with Crippen LogP contribution in [0.25, 0.3) is 0 Å². The molecule has 1 fully saturated rings. The predicted octanol–water partition coefficient (Wildman–Crippen LogP) is 2.35. The van der Waals surface area contributed by atoms with Gasteiger partial charge in [-0.2, -0.15) is 0 Å². The van der Waals surface area contributed by atoms with Crippen LogP contribution in [0.1, 0.15) is 22.8 Å². The number of carbonyl (C=O) groups excluding carboxylic acids is 1. The number of halogens is 1. The third kappa shape index (κ3) is 2.29. The summed E-state index contributed by atoms with van der Waals surface area (Å²) < 4.78 is 15.8. The number of methoxy groups -OCH3 is 1. The molecule has 0 atom stereocenters. The third-order valence-electron chi connectivity index (χ3n) is 2.71. The highest BCUT2D eigenvalue weighted by atomic mass is 35.5. The summed E-state index contributed by atoms with van der Waals surface area (Å²) in [6.07, 6.45) is 0. The van der Waals surface area contributed by atoms with Gasteiger partial charge in [0.25, 0.3) is 0 Å². The zero-order valence-electron chi connectivity index (χ0n) is 9.66. The fourth-order valence-electron chi connectivity index (χ4n) is 1.86. The number of benzene rings is 1. The Bertz CT molecular complexity index is 438. The molecule has 1 aromatic carbocycles. The van der Waals surface area contributed by atoms with Crippen molar-refractivity contribution in [3.63, 3.8) is 0 Å². The molecule has 0 unspecified atom stereocenters. The first kappa shape index (κ1) is 12.4. The standard InChI is InChI=1S/C12H13ClO4/c1-12(16-5-6-17-12)10-4-3-8(13)7-9(10)11(14)15-2/h3-4,7H,5-6H2,1-2H3. The maximum absolute atomic E-state index is 11.7. The number of hydrogen-bond acceptors (Lipinski definition) is 4. The summed E-state index contributed by atoms with van der Waals surface area (Å²) in [4.78, 5) is 11.7. The Hall–Kier alpha value is -1.10. The second-order valence-electron chi connectivity index (χ2n) is 3.82. The van der Waals surface area contributed by atoms with Crippen LogP contribution >= 0.6 is 11.6 Å². The Morgan fingerprint density at radius 3 is 2.65 bits per heavy atom. The van der Waals surface area contributed by atoms with Gasteiger partial charge in [-0.3, -0.25) is 0 Å². The molecular formula is C12H13ClO4. The van der Waals surface area contributed by atoms with Crippen molar-refractivity contribution in [1.29, 1.82) is 0 Å². The Kier molecular flexibility index (Phi) is 3.38. The monoisotopic (exact) mass is 256 g/mol. The van der Waals surface area contributed by atoms with Crippen LogP contribution in [0.3, 0.4) is 0 Å². The molecule has 0 N–H and O–H groups in total. The Labute approximate surface area is 104 Å². The molecule has 1 saturated heterocycles. The second kappa shape index (κ2) is 4.64. The number of ether oxygens (including phenoxy) is 3. The van der Waals surface area contributed by atoms with Crippen molar-refractivity contribution in [3.05, 3.63) is 34.3 Å². The van der Waals surface area contributed by atoms with E-state index in [2.05, 4.69) is 0 Å². The highest BCUT2D eigenvalue weighted by Crippen LogP contribution is 2.34. The Morgan fingerprint density at radius 1 is 1.41 bits per heavy atom. The van der Waals surface area contributed by atoms with E-state index in [0.29, 0.717) is 29.4 Å². The third-order valence-corrected chi connectivity index (χ3v) is 2.95. The fourth-order valence-corrected chi connectivity index (χ4v) is 2.03. The zero-order chi connectivity index (χ0) is 12.5. The van der Waals surface area contributed by atoms with Gasteiger partial charge in [0.05, 0.1) is 25.9 Å². The fraction of sp³-hybridized carbons (Fsp3) is 0.417. The second-order valence-corrected chi connectivity index (χ2v) is 4.26. The number of hydrogen-bond donors (Lipinski definition) is 0. The predicted molar refractivity (Wildman–Crippen MR) is 62.0 cm³/mol. The van der Waals surface area contributed by atoms with E-state index in [4.69, 9.17) is 25.8 Å². The molecule has 1 aliphatic heterocycles. The first-order valence-corrected chi connectivity index (χ1v) is 5.61. The Morgan fingerprint density at radius 2 is 2.06 bits per heavy atom. The minimum Gasteiger partial charge on any atom is -0.465 e. The van der Waals surface area contributed by atoms with Gasteiger partial charge < -0.3 is 14.2 Å². The lowest BCUT2D eigenvalue weighted by atomic mass is 10.0. The van der Waals surface area contributed by atoms with E-state index in [1.807, 2.05) is 0 Å². The number of rotatable bonds is 2. The summed E-state index contributed by atoms with van der Waals surface area (Å²) in [6.45, 7) is 2.77. The van der Waals surface area contributed by atoms with Gasteiger partial charge in [0, 0.05) is 10.6 Å². The smallest absolute Gasteiger partial charge is 0.338 e. The first-order chi connectivity index (χ1) is 8.07. The molecule has 92 valence electrons. The highest BCUT2D eigenvalue weighted by molar-refractivity contribution is 6.31. The summed E-state index contributed by atoms with van der Waals surface area (Å²) in [7, 11) is 1.33. The van der Waals surface area contributed by atoms with E-state index in [9.17, 15) is 4.79 Å². The maximum atomic E-state index is 11.7. The minimum atomic E-state index is -0.909. The average Bonchev–Trinajstić information content (AvgIpc) is 2.76. The quantitative estimate of drug-likeness (QED) is 0.762. The lowest BCUT2D eigenvalue weighted by Gasteiger charge is -2.24. The van der Waals surface area contributed by atoms with Crippen LogP contribution in [0.5, 0.6) is 0 Å². The number of carbonyl (C=O) groups is 1. The van der Waals surface area contributed by atoms with Gasteiger partial charge in [0.2, 0.25) is 0 Å². The molecule has 1 aliphatic rings. The molecule has 17 heavy (non-hydrogen) atoms. The normalized spacial score (nSPS) is 18.1. The molecule has 0 bridgehead atoms. The molecule has 4 nitrogen and oxygen atoms in total. The molecule has 0 aromatic heterocycles. The van der Waals surface area contributed by atoms with Gasteiger partial charge in [0.15, 0.2) is 5.79 Å². The summed E-state index contributed by atoms with van der Waals surface area (Å²) in [5.74, 6) is -1.36. The molecule has 1 aromatic rings. The van der Waals surface area contributed by atoms with Crippen LogP contribution in [-0.4, -0.2) is 26.3 Å². The van der Waals surface area contributed by atoms with Crippen molar-refractivity contribution in [3.8, 4) is 0 Å². The van der Waals surface area contributed by atoms with Crippen LogP contribution in [-0.2, 0) is 20.0 Å². The van der Waals surface area contributed by atoms with Gasteiger partial charge in [-0.25, -0.2) is 4.79 Å². The topological polar surface area (TPSA) is 44.8 Å². The lowest BCUT2D eigenvalue weighted by Crippen LogP contribution is -2.25. The van der Waals surface area contributed by atoms with E-state index in [0.717, 1.165) is 0 Å². The maximum Gasteiger partial charge on any atom is 0.338 e. The molecule has 0 radical (unpaired) electrons. The van der Waals surface area contributed by atoms with Crippen LogP contribution in [0.2, 0.25) is 5.02 Å². The van der Waals surface area contributed by atoms with Gasteiger partial charge in [-0.05, 0) is 19.1 Å². The van der Waals surface area contributed by atoms with Crippen molar-refractivity contribution in [2.45, 2.75) is 12.7 Å². The van der Waals surface area contributed by atoms with Crippen LogP contribution < -0.4 is 0 Å². The largest absolute Gasteiger partial charge is 0.465 e. The molecule has 5 heteroatoms. The summed E-state index contributed by atoms with van der Waals surface area (Å²) in [5, 5.41) is 0.468. The van der Waals surface area contributed by atoms with E-state index in [1.54, 1.807) is 25.1 Å². The highest BCUT2D eigenvalue weighted by Gasteiger charge is 2.36. The van der Waals surface area contributed by atoms with Crippen LogP contribution in [0, 0.1) is 0 Å². The van der Waals surface area contributed by atoms with Crippen molar-refractivity contribution >= 4 is 17.6 Å². The van der Waals surface area contributed by atoms with E-state index < -0.39 is 11.8 Å². The van der Waals surface area contributed by atoms with E-state index in [1.165, 1.54) is 7.11 Å². The van der Waals surface area contributed by atoms with Crippen molar-refractivity contribution in [1.82, 2.24) is 0 Å². The Balaban J connectivity index is 2.49. The van der Waals surface area contributed by atoms with Crippen molar-refractivity contribution < 1.29 is 19.0 Å². The van der Waals surface area contributed by atoms with Gasteiger partial charge in [0.1, 0.15) is 0 Å². The van der Waals surface area contributed by atoms with E-state index >= 15 is 0 Å². The first-order valence-electron chi connectivity index (χ1n) is 5.23. The minimum absolute atomic E-state index is 0.365. The van der Waals surface area contributed by atoms with Crippen LogP contribution in [0.4, 0.5) is 0 Å². The SMILES string of the molecule is COC(=O)c1cc(Cl)ccc1C1(C)OCCO1. The number of esters is 1. The van der Waals surface area contributed by atoms with Crippen molar-refractivity contribution in [2.75, 3.05) is 20.3 Å². The van der Waals surface area contributed by atoms with Crippen LogP contribution in [0.15, 0.2) is 18.2 Å².